The van der Waals surface area contributed by atoms with E-state index in [1.165, 1.54) is 4.90 Å². The molecule has 1 heterocycles. The van der Waals surface area contributed by atoms with Crippen molar-refractivity contribution in [2.24, 2.45) is 0 Å². The number of amides is 2. The summed E-state index contributed by atoms with van der Waals surface area (Å²) in [7, 11) is 0. The third-order valence-corrected chi connectivity index (χ3v) is 4.07. The largest absolute Gasteiger partial charge is 0.471 e. The average Bonchev–Trinajstić information content (AvgIpc) is 2.73. The molecule has 1 fully saturated rings. The molecule has 0 bridgehead atoms. The van der Waals surface area contributed by atoms with Gasteiger partial charge in [-0.15, -0.1) is 0 Å². The van der Waals surface area contributed by atoms with Crippen LogP contribution in [0.3, 0.4) is 0 Å². The number of aryl methyl sites for hydroxylation is 2. The lowest BCUT2D eigenvalue weighted by molar-refractivity contribution is -0.185. The molecule has 0 spiro atoms. The van der Waals surface area contributed by atoms with Gasteiger partial charge >= 0.3 is 12.1 Å². The second kappa shape index (κ2) is 6.60. The van der Waals surface area contributed by atoms with Crippen LogP contribution in [0.1, 0.15) is 27.9 Å². The number of hydrogen-bond acceptors (Lipinski definition) is 2. The van der Waals surface area contributed by atoms with Gasteiger partial charge in [-0.05, 0) is 43.5 Å². The Kier molecular flexibility index (Phi) is 4.97. The lowest BCUT2D eigenvalue weighted by atomic mass is 10.1. The molecule has 0 radical (unpaired) electrons. The van der Waals surface area contributed by atoms with Crippen molar-refractivity contribution in [3.05, 3.63) is 34.9 Å². The summed E-state index contributed by atoms with van der Waals surface area (Å²) < 4.78 is 37.5. The molecule has 0 aromatic heterocycles. The highest BCUT2D eigenvalue weighted by atomic mass is 19.4. The Hall–Kier alpha value is -2.05. The summed E-state index contributed by atoms with van der Waals surface area (Å²) >= 11 is 0. The molecule has 1 aliphatic rings. The summed E-state index contributed by atoms with van der Waals surface area (Å²) in [4.78, 5) is 26.1. The zero-order valence-electron chi connectivity index (χ0n) is 13.1. The van der Waals surface area contributed by atoms with Crippen molar-refractivity contribution in [3.63, 3.8) is 0 Å². The van der Waals surface area contributed by atoms with Crippen molar-refractivity contribution in [3.8, 4) is 0 Å². The van der Waals surface area contributed by atoms with Crippen molar-refractivity contribution in [1.82, 2.24) is 9.80 Å². The average molecular weight is 328 g/mol. The van der Waals surface area contributed by atoms with Gasteiger partial charge in [0.1, 0.15) is 0 Å². The molecule has 0 N–H and O–H groups in total. The number of benzene rings is 1. The summed E-state index contributed by atoms with van der Waals surface area (Å²) in [5.41, 5.74) is 2.57. The van der Waals surface area contributed by atoms with Gasteiger partial charge in [-0.2, -0.15) is 13.2 Å². The second-order valence-corrected chi connectivity index (χ2v) is 5.73. The minimum Gasteiger partial charge on any atom is -0.337 e. The van der Waals surface area contributed by atoms with Crippen molar-refractivity contribution < 1.29 is 22.8 Å². The molecule has 0 unspecified atom stereocenters. The Bertz CT molecular complexity index is 614. The molecule has 2 amide bonds. The Balaban J connectivity index is 2.06. The van der Waals surface area contributed by atoms with Crippen LogP contribution in [0, 0.1) is 13.8 Å². The van der Waals surface area contributed by atoms with E-state index >= 15 is 0 Å². The van der Waals surface area contributed by atoms with E-state index < -0.39 is 12.1 Å². The van der Waals surface area contributed by atoms with Crippen LogP contribution < -0.4 is 0 Å². The highest BCUT2D eigenvalue weighted by molar-refractivity contribution is 5.94. The van der Waals surface area contributed by atoms with E-state index in [4.69, 9.17) is 0 Å². The first-order valence-electron chi connectivity index (χ1n) is 7.43. The zero-order valence-corrected chi connectivity index (χ0v) is 13.1. The lowest BCUT2D eigenvalue weighted by Gasteiger charge is -2.23. The van der Waals surface area contributed by atoms with E-state index in [-0.39, 0.29) is 25.5 Å². The summed E-state index contributed by atoms with van der Waals surface area (Å²) in [5, 5.41) is 0. The number of carbonyl (C=O) groups excluding carboxylic acids is 2. The van der Waals surface area contributed by atoms with E-state index in [9.17, 15) is 22.8 Å². The van der Waals surface area contributed by atoms with Gasteiger partial charge in [0.15, 0.2) is 0 Å². The second-order valence-electron chi connectivity index (χ2n) is 5.73. The van der Waals surface area contributed by atoms with Crippen molar-refractivity contribution >= 4 is 11.8 Å². The van der Waals surface area contributed by atoms with Crippen LogP contribution in [-0.2, 0) is 4.79 Å². The number of hydrogen-bond donors (Lipinski definition) is 0. The minimum absolute atomic E-state index is 0.00898. The van der Waals surface area contributed by atoms with Gasteiger partial charge in [-0.1, -0.05) is 6.07 Å². The van der Waals surface area contributed by atoms with Crippen LogP contribution in [0.5, 0.6) is 0 Å². The summed E-state index contributed by atoms with van der Waals surface area (Å²) in [6.45, 7) is 4.19. The fourth-order valence-electron chi connectivity index (χ4n) is 2.56. The van der Waals surface area contributed by atoms with Crippen LogP contribution in [0.4, 0.5) is 13.2 Å². The SMILES string of the molecule is Cc1ccc(C(=O)N2CCCN(C(=O)C(F)(F)F)CC2)cc1C. The van der Waals surface area contributed by atoms with Gasteiger partial charge in [-0.3, -0.25) is 9.59 Å². The molecule has 2 rings (SSSR count). The topological polar surface area (TPSA) is 40.6 Å². The van der Waals surface area contributed by atoms with E-state index in [2.05, 4.69) is 0 Å². The molecule has 126 valence electrons. The molecule has 1 aliphatic heterocycles. The predicted molar refractivity (Wildman–Crippen MR) is 79.1 cm³/mol. The number of halogens is 3. The molecule has 0 atom stereocenters. The van der Waals surface area contributed by atoms with Crippen LogP contribution >= 0.6 is 0 Å². The van der Waals surface area contributed by atoms with E-state index in [1.54, 1.807) is 12.1 Å². The maximum atomic E-state index is 12.5. The Morgan fingerprint density at radius 2 is 1.57 bits per heavy atom. The van der Waals surface area contributed by atoms with Gasteiger partial charge in [0.05, 0.1) is 0 Å². The van der Waals surface area contributed by atoms with Crippen LogP contribution in [-0.4, -0.2) is 54.0 Å². The lowest BCUT2D eigenvalue weighted by Crippen LogP contribution is -2.43. The minimum atomic E-state index is -4.87. The van der Waals surface area contributed by atoms with Gasteiger partial charge in [0, 0.05) is 31.7 Å². The molecule has 0 aliphatic carbocycles. The summed E-state index contributed by atoms with van der Waals surface area (Å²) in [6, 6.07) is 5.34. The maximum absolute atomic E-state index is 12.5. The standard InChI is InChI=1S/C16H19F3N2O2/c1-11-4-5-13(10-12(11)2)14(22)20-6-3-7-21(9-8-20)15(23)16(17,18)19/h4-5,10H,3,6-9H2,1-2H3. The molecular weight excluding hydrogens is 309 g/mol. The third-order valence-electron chi connectivity index (χ3n) is 4.07. The predicted octanol–water partition coefficient (Wildman–Crippen LogP) is 2.54. The number of nitrogens with zero attached hydrogens (tertiary/aromatic N) is 2. The summed E-state index contributed by atoms with van der Waals surface area (Å²) in [5.74, 6) is -2.05. The fraction of sp³-hybridized carbons (Fsp3) is 0.500. The Morgan fingerprint density at radius 1 is 0.957 bits per heavy atom. The molecule has 1 saturated heterocycles. The van der Waals surface area contributed by atoms with Gasteiger partial charge in [-0.25, -0.2) is 0 Å². The fourth-order valence-corrected chi connectivity index (χ4v) is 2.56. The van der Waals surface area contributed by atoms with Crippen molar-refractivity contribution in [1.29, 1.82) is 0 Å². The molecule has 7 heteroatoms. The molecule has 1 aromatic rings. The van der Waals surface area contributed by atoms with Crippen LogP contribution in [0.2, 0.25) is 0 Å². The zero-order chi connectivity index (χ0) is 17.2. The maximum Gasteiger partial charge on any atom is 0.471 e. The highest BCUT2D eigenvalue weighted by Gasteiger charge is 2.42. The Morgan fingerprint density at radius 3 is 2.17 bits per heavy atom. The van der Waals surface area contributed by atoms with Crippen molar-refractivity contribution in [2.75, 3.05) is 26.2 Å². The van der Waals surface area contributed by atoms with Gasteiger partial charge < -0.3 is 9.80 Å². The number of rotatable bonds is 1. The summed E-state index contributed by atoms with van der Waals surface area (Å²) in [6.07, 6.45) is -4.54. The van der Waals surface area contributed by atoms with Gasteiger partial charge in [0.2, 0.25) is 0 Å². The molecular formula is C16H19F3N2O2. The van der Waals surface area contributed by atoms with E-state index in [0.29, 0.717) is 18.5 Å². The van der Waals surface area contributed by atoms with Gasteiger partial charge in [0.25, 0.3) is 5.91 Å². The molecule has 1 aromatic carbocycles. The third kappa shape index (κ3) is 4.03. The number of alkyl halides is 3. The smallest absolute Gasteiger partial charge is 0.337 e. The first-order valence-corrected chi connectivity index (χ1v) is 7.43. The first kappa shape index (κ1) is 17.3. The van der Waals surface area contributed by atoms with Crippen LogP contribution in [0.25, 0.3) is 0 Å². The van der Waals surface area contributed by atoms with E-state index in [1.807, 2.05) is 19.9 Å². The Labute approximate surface area is 132 Å². The van der Waals surface area contributed by atoms with Crippen LogP contribution in [0.15, 0.2) is 18.2 Å². The molecule has 4 nitrogen and oxygen atoms in total. The quantitative estimate of drug-likeness (QED) is 0.795. The number of carbonyl (C=O) groups is 2. The normalized spacial score (nSPS) is 16.2. The van der Waals surface area contributed by atoms with E-state index in [0.717, 1.165) is 16.0 Å². The van der Waals surface area contributed by atoms with Crippen molar-refractivity contribution in [2.45, 2.75) is 26.4 Å². The molecule has 23 heavy (non-hydrogen) atoms. The first-order chi connectivity index (χ1) is 10.7. The monoisotopic (exact) mass is 328 g/mol. The highest BCUT2D eigenvalue weighted by Crippen LogP contribution is 2.20. The molecule has 0 saturated carbocycles.